The highest BCUT2D eigenvalue weighted by molar-refractivity contribution is 5.75. The minimum Gasteiger partial charge on any atom is -0.454 e. The van der Waals surface area contributed by atoms with Crippen molar-refractivity contribution in [2.24, 2.45) is 0 Å². The molecule has 1 aromatic heterocycles. The highest BCUT2D eigenvalue weighted by Gasteiger charge is 2.24. The standard InChI is InChI=1S/C14H15FN4O3/c1-8-2-3-9(6-10(8)15)13-17-12(22-19-13)7-21-14(20)11-4-5-16-18-11/h2-3,6,11,16,18H,4-5,7H2,1H3. The van der Waals surface area contributed by atoms with E-state index in [0.717, 1.165) is 0 Å². The highest BCUT2D eigenvalue weighted by Crippen LogP contribution is 2.19. The maximum Gasteiger partial charge on any atom is 0.325 e. The van der Waals surface area contributed by atoms with Gasteiger partial charge in [0.2, 0.25) is 5.82 Å². The van der Waals surface area contributed by atoms with Gasteiger partial charge in [-0.2, -0.15) is 4.98 Å². The molecule has 0 bridgehead atoms. The molecule has 1 fully saturated rings. The summed E-state index contributed by atoms with van der Waals surface area (Å²) in [5, 5.41) is 3.76. The highest BCUT2D eigenvalue weighted by atomic mass is 19.1. The summed E-state index contributed by atoms with van der Waals surface area (Å²) in [6.07, 6.45) is 0.663. The van der Waals surface area contributed by atoms with Crippen LogP contribution in [0, 0.1) is 12.7 Å². The number of aromatic nitrogens is 2. The summed E-state index contributed by atoms with van der Waals surface area (Å²) in [4.78, 5) is 15.8. The van der Waals surface area contributed by atoms with Crippen molar-refractivity contribution in [3.05, 3.63) is 35.5 Å². The van der Waals surface area contributed by atoms with Crippen molar-refractivity contribution in [2.45, 2.75) is 26.0 Å². The molecule has 2 heterocycles. The van der Waals surface area contributed by atoms with Gasteiger partial charge in [-0.1, -0.05) is 17.3 Å². The number of halogens is 1. The smallest absolute Gasteiger partial charge is 0.325 e. The monoisotopic (exact) mass is 306 g/mol. The lowest BCUT2D eigenvalue weighted by molar-refractivity contribution is -0.147. The number of hydrazine groups is 1. The summed E-state index contributed by atoms with van der Waals surface area (Å²) in [7, 11) is 0. The first-order valence-corrected chi connectivity index (χ1v) is 6.87. The van der Waals surface area contributed by atoms with Gasteiger partial charge >= 0.3 is 5.97 Å². The Balaban J connectivity index is 1.63. The van der Waals surface area contributed by atoms with E-state index in [1.807, 2.05) is 0 Å². The van der Waals surface area contributed by atoms with Gasteiger partial charge in [0.1, 0.15) is 11.9 Å². The molecule has 8 heteroatoms. The molecule has 0 radical (unpaired) electrons. The molecule has 0 spiro atoms. The third-order valence-corrected chi connectivity index (χ3v) is 3.35. The summed E-state index contributed by atoms with van der Waals surface area (Å²) in [5.41, 5.74) is 6.70. The van der Waals surface area contributed by atoms with Crippen molar-refractivity contribution in [1.29, 1.82) is 0 Å². The zero-order valence-corrected chi connectivity index (χ0v) is 11.9. The van der Waals surface area contributed by atoms with Crippen molar-refractivity contribution in [3.63, 3.8) is 0 Å². The Labute approximate surface area is 125 Å². The van der Waals surface area contributed by atoms with Gasteiger partial charge in [-0.25, -0.2) is 9.82 Å². The van der Waals surface area contributed by atoms with Gasteiger partial charge in [0, 0.05) is 12.1 Å². The maximum absolute atomic E-state index is 13.5. The van der Waals surface area contributed by atoms with Crippen LogP contribution in [-0.4, -0.2) is 28.7 Å². The quantitative estimate of drug-likeness (QED) is 0.817. The van der Waals surface area contributed by atoms with Gasteiger partial charge in [0.05, 0.1) is 0 Å². The Hall–Kier alpha value is -2.32. The molecule has 0 amide bonds. The fourth-order valence-electron chi connectivity index (χ4n) is 2.06. The minimum atomic E-state index is -0.383. The van der Waals surface area contributed by atoms with E-state index in [1.54, 1.807) is 19.1 Å². The number of hydrogen-bond acceptors (Lipinski definition) is 7. The summed E-state index contributed by atoms with van der Waals surface area (Å²) in [6, 6.07) is 4.31. The lowest BCUT2D eigenvalue weighted by Gasteiger charge is -2.07. The fraction of sp³-hybridized carbons (Fsp3) is 0.357. The largest absolute Gasteiger partial charge is 0.454 e. The zero-order chi connectivity index (χ0) is 15.5. The Morgan fingerprint density at radius 3 is 3.14 bits per heavy atom. The molecule has 1 saturated heterocycles. The number of hydrogen-bond donors (Lipinski definition) is 2. The molecule has 1 aromatic carbocycles. The summed E-state index contributed by atoms with van der Waals surface area (Å²) in [6.45, 7) is 2.27. The molecule has 2 N–H and O–H groups in total. The Bertz CT molecular complexity index is 682. The second kappa shape index (κ2) is 6.20. The normalized spacial score (nSPS) is 17.6. The van der Waals surface area contributed by atoms with Gasteiger partial charge in [0.25, 0.3) is 5.89 Å². The molecule has 1 aliphatic rings. The average Bonchev–Trinajstić information content (AvgIpc) is 3.19. The van der Waals surface area contributed by atoms with E-state index in [2.05, 4.69) is 21.0 Å². The van der Waals surface area contributed by atoms with Crippen LogP contribution in [0.25, 0.3) is 11.4 Å². The number of carbonyl (C=O) groups is 1. The van der Waals surface area contributed by atoms with Gasteiger partial charge in [-0.15, -0.1) is 0 Å². The van der Waals surface area contributed by atoms with Crippen LogP contribution in [0.15, 0.2) is 22.7 Å². The van der Waals surface area contributed by atoms with E-state index in [1.165, 1.54) is 6.07 Å². The maximum atomic E-state index is 13.5. The molecular weight excluding hydrogens is 291 g/mol. The molecule has 1 unspecified atom stereocenters. The molecular formula is C14H15FN4O3. The van der Waals surface area contributed by atoms with E-state index < -0.39 is 0 Å². The van der Waals surface area contributed by atoms with Crippen molar-refractivity contribution < 1.29 is 18.4 Å². The van der Waals surface area contributed by atoms with E-state index >= 15 is 0 Å². The number of ether oxygens (including phenoxy) is 1. The van der Waals surface area contributed by atoms with Crippen LogP contribution in [0.3, 0.4) is 0 Å². The van der Waals surface area contributed by atoms with Gasteiger partial charge in [0.15, 0.2) is 6.61 Å². The number of esters is 1. The van der Waals surface area contributed by atoms with Crippen LogP contribution in [-0.2, 0) is 16.1 Å². The first kappa shape index (κ1) is 14.6. The molecule has 0 saturated carbocycles. The van der Waals surface area contributed by atoms with E-state index in [9.17, 15) is 9.18 Å². The summed E-state index contributed by atoms with van der Waals surface area (Å²) < 4.78 is 23.6. The van der Waals surface area contributed by atoms with Crippen LogP contribution in [0.1, 0.15) is 17.9 Å². The average molecular weight is 306 g/mol. The van der Waals surface area contributed by atoms with Gasteiger partial charge in [-0.05, 0) is 25.0 Å². The number of benzene rings is 1. The van der Waals surface area contributed by atoms with Gasteiger partial charge in [-0.3, -0.25) is 10.2 Å². The van der Waals surface area contributed by atoms with Crippen molar-refractivity contribution in [2.75, 3.05) is 6.54 Å². The molecule has 1 aliphatic heterocycles. The number of aryl methyl sites for hydroxylation is 1. The van der Waals surface area contributed by atoms with Crippen molar-refractivity contribution in [3.8, 4) is 11.4 Å². The zero-order valence-electron chi connectivity index (χ0n) is 11.9. The lowest BCUT2D eigenvalue weighted by Crippen LogP contribution is -2.37. The summed E-state index contributed by atoms with van der Waals surface area (Å²) in [5.74, 6) is -0.304. The molecule has 1 atom stereocenters. The summed E-state index contributed by atoms with van der Waals surface area (Å²) >= 11 is 0. The van der Waals surface area contributed by atoms with Crippen LogP contribution in [0.5, 0.6) is 0 Å². The Morgan fingerprint density at radius 1 is 1.55 bits per heavy atom. The first-order valence-electron chi connectivity index (χ1n) is 6.87. The minimum absolute atomic E-state index is 0.113. The lowest BCUT2D eigenvalue weighted by atomic mass is 10.1. The van der Waals surface area contributed by atoms with Crippen LogP contribution >= 0.6 is 0 Å². The Morgan fingerprint density at radius 2 is 2.41 bits per heavy atom. The van der Waals surface area contributed by atoms with Crippen LogP contribution in [0.4, 0.5) is 4.39 Å². The third kappa shape index (κ3) is 3.12. The van der Waals surface area contributed by atoms with Crippen LogP contribution < -0.4 is 10.9 Å². The fourth-order valence-corrected chi connectivity index (χ4v) is 2.06. The van der Waals surface area contributed by atoms with Crippen LogP contribution in [0.2, 0.25) is 0 Å². The van der Waals surface area contributed by atoms with Crippen molar-refractivity contribution >= 4 is 5.97 Å². The number of nitrogens with one attached hydrogen (secondary N) is 2. The predicted octanol–water partition coefficient (Wildman–Crippen LogP) is 1.09. The SMILES string of the molecule is Cc1ccc(-c2noc(COC(=O)C3CCNN3)n2)cc1F. The molecule has 2 aromatic rings. The van der Waals surface area contributed by atoms with E-state index in [-0.39, 0.29) is 36.2 Å². The number of nitrogens with zero attached hydrogens (tertiary/aromatic N) is 2. The Kier molecular flexibility index (Phi) is 4.12. The molecule has 116 valence electrons. The second-order valence-corrected chi connectivity index (χ2v) is 5.00. The van der Waals surface area contributed by atoms with E-state index in [4.69, 9.17) is 9.26 Å². The topological polar surface area (TPSA) is 89.3 Å². The first-order chi connectivity index (χ1) is 10.6. The molecule has 3 rings (SSSR count). The molecule has 22 heavy (non-hydrogen) atoms. The van der Waals surface area contributed by atoms with Crippen molar-refractivity contribution in [1.82, 2.24) is 21.0 Å². The third-order valence-electron chi connectivity index (χ3n) is 3.35. The van der Waals surface area contributed by atoms with Gasteiger partial charge < -0.3 is 9.26 Å². The second-order valence-electron chi connectivity index (χ2n) is 5.00. The number of carbonyl (C=O) groups excluding carboxylic acids is 1. The molecule has 0 aliphatic carbocycles. The predicted molar refractivity (Wildman–Crippen MR) is 73.8 cm³/mol. The number of rotatable bonds is 4. The van der Waals surface area contributed by atoms with E-state index in [0.29, 0.717) is 24.1 Å². The molecule has 7 nitrogen and oxygen atoms in total.